The molecular formula is C13H18Cl2N2S. The third-order valence-electron chi connectivity index (χ3n) is 3.36. The van der Waals surface area contributed by atoms with Crippen molar-refractivity contribution in [2.45, 2.75) is 30.4 Å². The van der Waals surface area contributed by atoms with Gasteiger partial charge in [-0.05, 0) is 37.7 Å². The van der Waals surface area contributed by atoms with Gasteiger partial charge in [-0.1, -0.05) is 11.6 Å². The Balaban J connectivity index is 2.11. The Morgan fingerprint density at radius 1 is 1.39 bits per heavy atom. The molecule has 2 rings (SSSR count). The van der Waals surface area contributed by atoms with E-state index < -0.39 is 0 Å². The predicted octanol–water partition coefficient (Wildman–Crippen LogP) is 4.20. The number of pyridine rings is 1. The summed E-state index contributed by atoms with van der Waals surface area (Å²) in [7, 11) is 0. The van der Waals surface area contributed by atoms with E-state index in [0.717, 1.165) is 29.9 Å². The zero-order valence-corrected chi connectivity index (χ0v) is 12.9. The predicted molar refractivity (Wildman–Crippen MR) is 82.2 cm³/mol. The van der Waals surface area contributed by atoms with Gasteiger partial charge in [0, 0.05) is 18.3 Å². The highest BCUT2D eigenvalue weighted by atomic mass is 35.5. The minimum atomic E-state index is 0.369. The molecule has 5 heteroatoms. The lowest BCUT2D eigenvalue weighted by molar-refractivity contribution is 0.745. The van der Waals surface area contributed by atoms with E-state index in [9.17, 15) is 0 Å². The molecule has 1 aromatic heterocycles. The average Bonchev–Trinajstić information content (AvgIpc) is 2.64. The van der Waals surface area contributed by atoms with Crippen LogP contribution in [0.25, 0.3) is 0 Å². The molecule has 18 heavy (non-hydrogen) atoms. The van der Waals surface area contributed by atoms with Crippen LogP contribution in [0, 0.1) is 0 Å². The molecule has 0 aliphatic carbocycles. The number of hydrogen-bond donors (Lipinski definition) is 0. The number of halogens is 2. The second-order valence-electron chi connectivity index (χ2n) is 4.51. The highest BCUT2D eigenvalue weighted by Gasteiger charge is 2.17. The molecule has 100 valence electrons. The molecule has 0 aromatic carbocycles. The topological polar surface area (TPSA) is 16.1 Å². The van der Waals surface area contributed by atoms with E-state index in [-0.39, 0.29) is 0 Å². The lowest BCUT2D eigenvalue weighted by Gasteiger charge is -2.22. The molecule has 2 heterocycles. The maximum Gasteiger partial charge on any atom is 0.128 e. The molecule has 1 atom stereocenters. The summed E-state index contributed by atoms with van der Waals surface area (Å²) in [5.41, 5.74) is 0.779. The SMILES string of the molecule is CSC1CCCN(c2ccc(Cl)c(CCl)n2)CC1. The molecule has 1 fully saturated rings. The van der Waals surface area contributed by atoms with Crippen LogP contribution in [0.15, 0.2) is 12.1 Å². The van der Waals surface area contributed by atoms with E-state index in [2.05, 4.69) is 16.1 Å². The zero-order valence-electron chi connectivity index (χ0n) is 10.5. The number of thioether (sulfide) groups is 1. The summed E-state index contributed by atoms with van der Waals surface area (Å²) in [5.74, 6) is 1.38. The number of rotatable bonds is 3. The highest BCUT2D eigenvalue weighted by molar-refractivity contribution is 7.99. The first kappa shape index (κ1) is 14.3. The van der Waals surface area contributed by atoms with Gasteiger partial charge >= 0.3 is 0 Å². The Hall–Kier alpha value is -0.120. The van der Waals surface area contributed by atoms with Crippen molar-refractivity contribution in [2.75, 3.05) is 24.2 Å². The van der Waals surface area contributed by atoms with Crippen molar-refractivity contribution in [2.24, 2.45) is 0 Å². The van der Waals surface area contributed by atoms with Crippen molar-refractivity contribution in [3.63, 3.8) is 0 Å². The second-order valence-corrected chi connectivity index (χ2v) is 6.32. The van der Waals surface area contributed by atoms with Gasteiger partial charge in [0.1, 0.15) is 5.82 Å². The van der Waals surface area contributed by atoms with Gasteiger partial charge in [0.25, 0.3) is 0 Å². The summed E-state index contributed by atoms with van der Waals surface area (Å²) >= 11 is 13.9. The smallest absolute Gasteiger partial charge is 0.128 e. The Bertz CT molecular complexity index is 401. The number of hydrogen-bond acceptors (Lipinski definition) is 3. The first-order valence-corrected chi connectivity index (χ1v) is 8.43. The molecule has 0 saturated carbocycles. The van der Waals surface area contributed by atoms with E-state index >= 15 is 0 Å². The summed E-state index contributed by atoms with van der Waals surface area (Å²) in [5, 5.41) is 1.44. The van der Waals surface area contributed by atoms with Crippen LogP contribution in [0.3, 0.4) is 0 Å². The first-order valence-electron chi connectivity index (χ1n) is 6.23. The minimum absolute atomic E-state index is 0.369. The van der Waals surface area contributed by atoms with Gasteiger partial charge in [-0.3, -0.25) is 0 Å². The lowest BCUT2D eigenvalue weighted by Crippen LogP contribution is -2.25. The summed E-state index contributed by atoms with van der Waals surface area (Å²) in [6.07, 6.45) is 5.95. The van der Waals surface area contributed by atoms with E-state index in [1.165, 1.54) is 19.3 Å². The maximum atomic E-state index is 6.04. The van der Waals surface area contributed by atoms with Gasteiger partial charge in [-0.25, -0.2) is 4.98 Å². The molecule has 0 N–H and O–H groups in total. The molecular weight excluding hydrogens is 287 g/mol. The van der Waals surface area contributed by atoms with Crippen LogP contribution in [-0.4, -0.2) is 29.6 Å². The molecule has 1 aliphatic heterocycles. The van der Waals surface area contributed by atoms with Gasteiger partial charge in [0.05, 0.1) is 16.6 Å². The van der Waals surface area contributed by atoms with Gasteiger partial charge < -0.3 is 4.90 Å². The van der Waals surface area contributed by atoms with Gasteiger partial charge in [0.15, 0.2) is 0 Å². The van der Waals surface area contributed by atoms with Crippen molar-refractivity contribution >= 4 is 40.8 Å². The van der Waals surface area contributed by atoms with Gasteiger partial charge in [-0.15, -0.1) is 11.6 Å². The van der Waals surface area contributed by atoms with Crippen LogP contribution in [0.1, 0.15) is 25.0 Å². The van der Waals surface area contributed by atoms with Crippen LogP contribution >= 0.6 is 35.0 Å². The van der Waals surface area contributed by atoms with Crippen LogP contribution in [0.5, 0.6) is 0 Å². The Morgan fingerprint density at radius 3 is 2.94 bits per heavy atom. The number of aromatic nitrogens is 1. The third-order valence-corrected chi connectivity index (χ3v) is 5.10. The zero-order chi connectivity index (χ0) is 13.0. The van der Waals surface area contributed by atoms with Crippen molar-refractivity contribution in [3.05, 3.63) is 22.8 Å². The summed E-state index contributed by atoms with van der Waals surface area (Å²) in [4.78, 5) is 6.91. The van der Waals surface area contributed by atoms with Crippen molar-refractivity contribution in [3.8, 4) is 0 Å². The molecule has 2 nitrogen and oxygen atoms in total. The third kappa shape index (κ3) is 3.46. The average molecular weight is 305 g/mol. The Labute approximate surface area is 123 Å². The molecule has 0 bridgehead atoms. The molecule has 1 aromatic rings. The van der Waals surface area contributed by atoms with Crippen LogP contribution in [0.4, 0.5) is 5.82 Å². The fraction of sp³-hybridized carbons (Fsp3) is 0.615. The second kappa shape index (κ2) is 6.88. The molecule has 1 saturated heterocycles. The fourth-order valence-electron chi connectivity index (χ4n) is 2.27. The van der Waals surface area contributed by atoms with E-state index in [1.807, 2.05) is 23.9 Å². The first-order chi connectivity index (χ1) is 8.74. The monoisotopic (exact) mass is 304 g/mol. The quantitative estimate of drug-likeness (QED) is 0.779. The van der Waals surface area contributed by atoms with Gasteiger partial charge in [0.2, 0.25) is 0 Å². The summed E-state index contributed by atoms with van der Waals surface area (Å²) < 4.78 is 0. The summed E-state index contributed by atoms with van der Waals surface area (Å²) in [6, 6.07) is 3.90. The fourth-order valence-corrected chi connectivity index (χ4v) is 3.46. The number of nitrogens with zero attached hydrogens (tertiary/aromatic N) is 2. The van der Waals surface area contributed by atoms with E-state index in [4.69, 9.17) is 23.2 Å². The van der Waals surface area contributed by atoms with Gasteiger partial charge in [-0.2, -0.15) is 11.8 Å². The van der Waals surface area contributed by atoms with Crippen molar-refractivity contribution < 1.29 is 0 Å². The van der Waals surface area contributed by atoms with Crippen LogP contribution < -0.4 is 4.90 Å². The minimum Gasteiger partial charge on any atom is -0.357 e. The normalized spacial score (nSPS) is 20.8. The molecule has 0 radical (unpaired) electrons. The molecule has 1 unspecified atom stereocenters. The van der Waals surface area contributed by atoms with Crippen LogP contribution in [-0.2, 0) is 5.88 Å². The van der Waals surface area contributed by atoms with Crippen molar-refractivity contribution in [1.29, 1.82) is 0 Å². The Kier molecular flexibility index (Phi) is 5.46. The largest absolute Gasteiger partial charge is 0.357 e. The highest BCUT2D eigenvalue weighted by Crippen LogP contribution is 2.26. The van der Waals surface area contributed by atoms with E-state index in [0.29, 0.717) is 10.9 Å². The van der Waals surface area contributed by atoms with Crippen LogP contribution in [0.2, 0.25) is 5.02 Å². The molecule has 1 aliphatic rings. The molecule has 0 spiro atoms. The Morgan fingerprint density at radius 2 is 2.22 bits per heavy atom. The van der Waals surface area contributed by atoms with Crippen molar-refractivity contribution in [1.82, 2.24) is 4.98 Å². The molecule has 0 amide bonds. The lowest BCUT2D eigenvalue weighted by atomic mass is 10.2. The number of alkyl halides is 1. The number of anilines is 1. The standard InChI is InChI=1S/C13H18Cl2N2S/c1-18-10-3-2-7-17(8-6-10)13-5-4-11(15)12(9-14)16-13/h4-5,10H,2-3,6-9H2,1H3. The summed E-state index contributed by atoms with van der Waals surface area (Å²) in [6.45, 7) is 2.15. The maximum absolute atomic E-state index is 6.04. The van der Waals surface area contributed by atoms with E-state index in [1.54, 1.807) is 0 Å².